The van der Waals surface area contributed by atoms with Crippen molar-refractivity contribution < 1.29 is 13.6 Å². The first kappa shape index (κ1) is 21.3. The number of nitrogens with one attached hydrogen (secondary N) is 1. The van der Waals surface area contributed by atoms with E-state index in [1.54, 1.807) is 42.5 Å². The summed E-state index contributed by atoms with van der Waals surface area (Å²) >= 11 is 12.3. The summed E-state index contributed by atoms with van der Waals surface area (Å²) in [5, 5.41) is 3.94. The predicted octanol–water partition coefficient (Wildman–Crippen LogP) is 7.88. The maximum Gasteiger partial charge on any atom is 0.291 e. The number of oxazole rings is 1. The maximum atomic E-state index is 12.8. The van der Waals surface area contributed by atoms with Crippen LogP contribution in [0.5, 0.6) is 0 Å². The number of aryl methyl sites for hydroxylation is 1. The number of fused-ring (bicyclic) bond motifs is 1. The summed E-state index contributed by atoms with van der Waals surface area (Å²) < 4.78 is 11.6. The van der Waals surface area contributed by atoms with E-state index in [0.29, 0.717) is 38.5 Å². The second-order valence-electron chi connectivity index (χ2n) is 7.49. The molecule has 164 valence electrons. The molecule has 0 atom stereocenters. The van der Waals surface area contributed by atoms with Gasteiger partial charge in [-0.15, -0.1) is 0 Å². The van der Waals surface area contributed by atoms with Gasteiger partial charge in [0.05, 0.1) is 10.6 Å². The van der Waals surface area contributed by atoms with E-state index < -0.39 is 0 Å². The molecule has 5 rings (SSSR count). The van der Waals surface area contributed by atoms with Gasteiger partial charge in [0.1, 0.15) is 11.3 Å². The van der Waals surface area contributed by atoms with Gasteiger partial charge in [-0.3, -0.25) is 4.79 Å². The molecule has 0 radical (unpaired) electrons. The summed E-state index contributed by atoms with van der Waals surface area (Å²) in [7, 11) is 0. The largest absolute Gasteiger partial charge is 0.451 e. The van der Waals surface area contributed by atoms with Crippen molar-refractivity contribution in [3.8, 4) is 22.8 Å². The third kappa shape index (κ3) is 4.38. The number of carbonyl (C=O) groups is 1. The minimum atomic E-state index is -0.381. The molecule has 0 saturated carbocycles. The SMILES string of the molecule is CCc1ccc2oc(-c3cc(NC(=O)c4ccc(-c5ccc(Cl)cc5)o4)ccc3Cl)nc2c1. The lowest BCUT2D eigenvalue weighted by Crippen LogP contribution is -2.10. The standard InChI is InChI=1S/C26H18Cl2N2O3/c1-2-15-3-10-23-21(13-15)30-26(33-23)19-14-18(8-9-20(19)28)29-25(31)24-12-11-22(32-24)16-4-6-17(27)7-5-16/h3-14H,2H2,1H3,(H,29,31). The molecule has 0 aliphatic rings. The second-order valence-corrected chi connectivity index (χ2v) is 8.34. The van der Waals surface area contributed by atoms with Crippen LogP contribution < -0.4 is 5.32 Å². The van der Waals surface area contributed by atoms with Crippen molar-refractivity contribution in [3.63, 3.8) is 0 Å². The molecule has 0 saturated heterocycles. The number of rotatable bonds is 5. The van der Waals surface area contributed by atoms with Crippen LogP contribution in [-0.4, -0.2) is 10.9 Å². The molecule has 5 aromatic rings. The van der Waals surface area contributed by atoms with E-state index in [2.05, 4.69) is 17.2 Å². The Morgan fingerprint density at radius 3 is 2.55 bits per heavy atom. The molecule has 0 bridgehead atoms. The lowest BCUT2D eigenvalue weighted by molar-refractivity contribution is 0.0997. The number of amides is 1. The fourth-order valence-electron chi connectivity index (χ4n) is 3.50. The zero-order chi connectivity index (χ0) is 22.9. The number of furan rings is 1. The zero-order valence-electron chi connectivity index (χ0n) is 17.6. The van der Waals surface area contributed by atoms with E-state index in [9.17, 15) is 4.79 Å². The molecule has 0 unspecified atom stereocenters. The second kappa shape index (κ2) is 8.77. The number of aromatic nitrogens is 1. The number of nitrogens with zero attached hydrogens (tertiary/aromatic N) is 1. The molecule has 7 heteroatoms. The van der Waals surface area contributed by atoms with Gasteiger partial charge in [0.15, 0.2) is 11.3 Å². The molecule has 0 aliphatic heterocycles. The topological polar surface area (TPSA) is 68.3 Å². The van der Waals surface area contributed by atoms with E-state index in [-0.39, 0.29) is 11.7 Å². The van der Waals surface area contributed by atoms with Gasteiger partial charge in [0.25, 0.3) is 5.91 Å². The van der Waals surface area contributed by atoms with Crippen LogP contribution in [0.3, 0.4) is 0 Å². The molecule has 1 N–H and O–H groups in total. The van der Waals surface area contributed by atoms with Gasteiger partial charge in [-0.25, -0.2) is 4.98 Å². The maximum absolute atomic E-state index is 12.8. The van der Waals surface area contributed by atoms with Crippen molar-refractivity contribution in [2.75, 3.05) is 5.32 Å². The van der Waals surface area contributed by atoms with Crippen LogP contribution in [0.15, 0.2) is 81.6 Å². The van der Waals surface area contributed by atoms with E-state index in [0.717, 1.165) is 17.5 Å². The zero-order valence-corrected chi connectivity index (χ0v) is 19.1. The summed E-state index contributed by atoms with van der Waals surface area (Å²) in [6.07, 6.45) is 0.910. The number of carbonyl (C=O) groups excluding carboxylic acids is 1. The minimum Gasteiger partial charge on any atom is -0.451 e. The number of anilines is 1. The van der Waals surface area contributed by atoms with Crippen molar-refractivity contribution in [3.05, 3.63) is 94.2 Å². The highest BCUT2D eigenvalue weighted by Crippen LogP contribution is 2.33. The third-order valence-corrected chi connectivity index (χ3v) is 5.85. The van der Waals surface area contributed by atoms with E-state index in [1.165, 1.54) is 5.56 Å². The van der Waals surface area contributed by atoms with Crippen molar-refractivity contribution in [1.82, 2.24) is 4.98 Å². The minimum absolute atomic E-state index is 0.186. The van der Waals surface area contributed by atoms with Crippen LogP contribution in [0.2, 0.25) is 10.0 Å². The van der Waals surface area contributed by atoms with Crippen molar-refractivity contribution >= 4 is 45.9 Å². The van der Waals surface area contributed by atoms with Gasteiger partial charge < -0.3 is 14.2 Å². The predicted molar refractivity (Wildman–Crippen MR) is 131 cm³/mol. The van der Waals surface area contributed by atoms with Crippen LogP contribution in [0.4, 0.5) is 5.69 Å². The van der Waals surface area contributed by atoms with Gasteiger partial charge in [-0.2, -0.15) is 0 Å². The Kier molecular flexibility index (Phi) is 5.67. The van der Waals surface area contributed by atoms with Gasteiger partial charge in [-0.1, -0.05) is 36.2 Å². The van der Waals surface area contributed by atoms with E-state index in [1.807, 2.05) is 30.3 Å². The van der Waals surface area contributed by atoms with E-state index >= 15 is 0 Å². The lowest BCUT2D eigenvalue weighted by atomic mass is 10.1. The van der Waals surface area contributed by atoms with Crippen LogP contribution in [-0.2, 0) is 6.42 Å². The number of hydrogen-bond donors (Lipinski definition) is 1. The van der Waals surface area contributed by atoms with Crippen molar-refractivity contribution in [2.24, 2.45) is 0 Å². The summed E-state index contributed by atoms with van der Waals surface area (Å²) in [4.78, 5) is 17.3. The summed E-state index contributed by atoms with van der Waals surface area (Å²) in [5.41, 5.74) is 4.57. The van der Waals surface area contributed by atoms with E-state index in [4.69, 9.17) is 32.0 Å². The molecule has 0 aliphatic carbocycles. The normalized spacial score (nSPS) is 11.1. The molecule has 2 aromatic heterocycles. The Labute approximate surface area is 200 Å². The summed E-state index contributed by atoms with van der Waals surface area (Å²) in [6.45, 7) is 2.09. The Hall–Kier alpha value is -3.54. The van der Waals surface area contributed by atoms with Gasteiger partial charge in [0.2, 0.25) is 5.89 Å². The Bertz CT molecular complexity index is 1470. The highest BCUT2D eigenvalue weighted by Gasteiger charge is 2.16. The van der Waals surface area contributed by atoms with Crippen molar-refractivity contribution in [2.45, 2.75) is 13.3 Å². The summed E-state index contributed by atoms with van der Waals surface area (Å²) in [5.74, 6) is 0.771. The monoisotopic (exact) mass is 476 g/mol. The van der Waals surface area contributed by atoms with Gasteiger partial charge in [0, 0.05) is 16.3 Å². The first-order valence-corrected chi connectivity index (χ1v) is 11.1. The smallest absolute Gasteiger partial charge is 0.291 e. The quantitative estimate of drug-likeness (QED) is 0.280. The number of hydrogen-bond acceptors (Lipinski definition) is 4. The molecule has 0 spiro atoms. The van der Waals surface area contributed by atoms with Crippen molar-refractivity contribution in [1.29, 1.82) is 0 Å². The molecule has 5 nitrogen and oxygen atoms in total. The van der Waals surface area contributed by atoms with Crippen LogP contribution in [0.25, 0.3) is 33.9 Å². The van der Waals surface area contributed by atoms with Crippen LogP contribution in [0, 0.1) is 0 Å². The number of benzene rings is 3. The Morgan fingerprint density at radius 1 is 0.939 bits per heavy atom. The first-order valence-electron chi connectivity index (χ1n) is 10.4. The average molecular weight is 477 g/mol. The molecule has 33 heavy (non-hydrogen) atoms. The summed E-state index contributed by atoms with van der Waals surface area (Å²) in [6, 6.07) is 21.6. The third-order valence-electron chi connectivity index (χ3n) is 5.27. The first-order chi connectivity index (χ1) is 16.0. The molecule has 2 heterocycles. The van der Waals surface area contributed by atoms with Crippen LogP contribution in [0.1, 0.15) is 23.0 Å². The van der Waals surface area contributed by atoms with Gasteiger partial charge in [-0.05, 0) is 78.7 Å². The molecular weight excluding hydrogens is 459 g/mol. The number of halogens is 2. The fraction of sp³-hybridized carbons (Fsp3) is 0.0769. The average Bonchev–Trinajstić information content (AvgIpc) is 3.48. The Balaban J connectivity index is 1.39. The van der Waals surface area contributed by atoms with Crippen LogP contribution >= 0.6 is 23.2 Å². The fourth-order valence-corrected chi connectivity index (χ4v) is 3.82. The highest BCUT2D eigenvalue weighted by molar-refractivity contribution is 6.33. The van der Waals surface area contributed by atoms with Gasteiger partial charge >= 0.3 is 0 Å². The molecule has 0 fully saturated rings. The highest BCUT2D eigenvalue weighted by atomic mass is 35.5. The lowest BCUT2D eigenvalue weighted by Gasteiger charge is -2.06. The molecular formula is C26H18Cl2N2O3. The Morgan fingerprint density at radius 2 is 1.76 bits per heavy atom. The molecule has 3 aromatic carbocycles. The molecule has 1 amide bonds.